The molecular formula is C22H25ClO5. The molecule has 3 rings (SSSR count). The van der Waals surface area contributed by atoms with Gasteiger partial charge in [0.2, 0.25) is 0 Å². The average Bonchev–Trinajstić information content (AvgIpc) is 2.68. The number of hydrogen-bond donors (Lipinski definition) is 3. The molecule has 0 bridgehead atoms. The lowest BCUT2D eigenvalue weighted by molar-refractivity contribution is -0.158. The fraction of sp³-hybridized carbons (Fsp3) is 0.364. The first kappa shape index (κ1) is 20.7. The van der Waals surface area contributed by atoms with Crippen LogP contribution in [0.25, 0.3) is 0 Å². The number of hydrogen-bond acceptors (Lipinski definition) is 5. The normalized spacial score (nSPS) is 24.6. The van der Waals surface area contributed by atoms with Crippen molar-refractivity contribution in [2.24, 2.45) is 0 Å². The third kappa shape index (κ3) is 4.18. The van der Waals surface area contributed by atoms with Crippen molar-refractivity contribution >= 4 is 11.6 Å². The Bertz CT molecular complexity index is 858. The molecule has 0 unspecified atom stereocenters. The van der Waals surface area contributed by atoms with E-state index in [4.69, 9.17) is 21.1 Å². The van der Waals surface area contributed by atoms with E-state index >= 15 is 0 Å². The zero-order valence-electron chi connectivity index (χ0n) is 16.1. The minimum atomic E-state index is -1.33. The van der Waals surface area contributed by atoms with E-state index in [1.54, 1.807) is 33.1 Å². The maximum absolute atomic E-state index is 10.5. The van der Waals surface area contributed by atoms with Gasteiger partial charge in [-0.1, -0.05) is 35.9 Å². The van der Waals surface area contributed by atoms with E-state index < -0.39 is 24.4 Å². The Balaban J connectivity index is 1.90. The Morgan fingerprint density at radius 2 is 1.71 bits per heavy atom. The lowest BCUT2D eigenvalue weighted by Gasteiger charge is -2.38. The number of allylic oxidation sites excluding steroid dienone is 1. The number of aliphatic hydroxyl groups excluding tert-OH is 3. The lowest BCUT2D eigenvalue weighted by atomic mass is 9.90. The number of benzene rings is 2. The molecule has 0 amide bonds. The van der Waals surface area contributed by atoms with Crippen LogP contribution in [0.2, 0.25) is 5.02 Å². The molecule has 0 spiro atoms. The summed E-state index contributed by atoms with van der Waals surface area (Å²) in [5.41, 5.74) is 3.37. The first-order valence-electron chi connectivity index (χ1n) is 9.11. The van der Waals surface area contributed by atoms with E-state index in [0.717, 1.165) is 22.4 Å². The minimum Gasteiger partial charge on any atom is -0.497 e. The second-order valence-corrected chi connectivity index (χ2v) is 7.61. The second-order valence-electron chi connectivity index (χ2n) is 7.20. The van der Waals surface area contributed by atoms with Crippen molar-refractivity contribution in [1.82, 2.24) is 0 Å². The molecule has 5 nitrogen and oxygen atoms in total. The lowest BCUT2D eigenvalue weighted by Crippen LogP contribution is -2.48. The maximum Gasteiger partial charge on any atom is 0.152 e. The molecule has 2 aromatic carbocycles. The molecule has 150 valence electrons. The van der Waals surface area contributed by atoms with Gasteiger partial charge < -0.3 is 24.8 Å². The first-order chi connectivity index (χ1) is 13.3. The quantitative estimate of drug-likeness (QED) is 0.728. The zero-order chi connectivity index (χ0) is 20.4. The number of halogens is 1. The molecular weight excluding hydrogens is 380 g/mol. The van der Waals surface area contributed by atoms with E-state index in [-0.39, 0.29) is 5.76 Å². The van der Waals surface area contributed by atoms with Gasteiger partial charge in [0.1, 0.15) is 29.8 Å². The predicted molar refractivity (Wildman–Crippen MR) is 107 cm³/mol. The van der Waals surface area contributed by atoms with Gasteiger partial charge in [-0.05, 0) is 60.7 Å². The second kappa shape index (κ2) is 8.53. The summed E-state index contributed by atoms with van der Waals surface area (Å²) in [5.74, 6) is 1.07. The minimum absolute atomic E-state index is 0.287. The van der Waals surface area contributed by atoms with Crippen molar-refractivity contribution in [1.29, 1.82) is 0 Å². The Morgan fingerprint density at radius 1 is 1.04 bits per heavy atom. The fourth-order valence-corrected chi connectivity index (χ4v) is 3.53. The van der Waals surface area contributed by atoms with E-state index in [2.05, 4.69) is 0 Å². The standard InChI is InChI=1S/C22H25ClO5/c1-12(2)21-19(25)18(24)20(26)22(28-21)14-6-9-17(23)15(11-14)10-13-4-7-16(27-3)8-5-13/h4-9,11,18-20,22,24-26H,10H2,1-3H3/t18-,19-,20+,22-/m0/s1. The highest BCUT2D eigenvalue weighted by Crippen LogP contribution is 2.37. The molecule has 0 radical (unpaired) electrons. The molecule has 3 N–H and O–H groups in total. The summed E-state index contributed by atoms with van der Waals surface area (Å²) in [6, 6.07) is 13.1. The zero-order valence-corrected chi connectivity index (χ0v) is 16.8. The van der Waals surface area contributed by atoms with Crippen LogP contribution in [0.3, 0.4) is 0 Å². The van der Waals surface area contributed by atoms with Crippen LogP contribution in [0.4, 0.5) is 0 Å². The molecule has 0 aliphatic carbocycles. The molecule has 1 heterocycles. The van der Waals surface area contributed by atoms with Crippen molar-refractivity contribution in [2.75, 3.05) is 7.11 Å². The monoisotopic (exact) mass is 404 g/mol. The Kier molecular flexibility index (Phi) is 6.30. The number of methoxy groups -OCH3 is 1. The van der Waals surface area contributed by atoms with Crippen LogP contribution in [0.15, 0.2) is 53.8 Å². The molecule has 2 aromatic rings. The van der Waals surface area contributed by atoms with Gasteiger partial charge in [0, 0.05) is 5.02 Å². The number of rotatable bonds is 4. The summed E-state index contributed by atoms with van der Waals surface area (Å²) >= 11 is 6.38. The van der Waals surface area contributed by atoms with Crippen molar-refractivity contribution in [3.63, 3.8) is 0 Å². The third-order valence-electron chi connectivity index (χ3n) is 4.95. The van der Waals surface area contributed by atoms with Gasteiger partial charge in [0.15, 0.2) is 6.10 Å². The number of ether oxygens (including phenoxy) is 2. The van der Waals surface area contributed by atoms with Crippen LogP contribution < -0.4 is 4.74 Å². The molecule has 4 atom stereocenters. The van der Waals surface area contributed by atoms with Crippen molar-refractivity contribution in [2.45, 2.75) is 44.7 Å². The van der Waals surface area contributed by atoms with Gasteiger partial charge >= 0.3 is 0 Å². The average molecular weight is 405 g/mol. The molecule has 1 fully saturated rings. The highest BCUT2D eigenvalue weighted by atomic mass is 35.5. The Hall–Kier alpha value is -2.05. The highest BCUT2D eigenvalue weighted by Gasteiger charge is 2.42. The summed E-state index contributed by atoms with van der Waals surface area (Å²) in [6.45, 7) is 3.58. The van der Waals surface area contributed by atoms with Crippen LogP contribution in [-0.2, 0) is 11.2 Å². The molecule has 1 saturated heterocycles. The Morgan fingerprint density at radius 3 is 2.32 bits per heavy atom. The van der Waals surface area contributed by atoms with Crippen molar-refractivity contribution < 1.29 is 24.8 Å². The van der Waals surface area contributed by atoms with Gasteiger partial charge in [0.05, 0.1) is 7.11 Å². The third-order valence-corrected chi connectivity index (χ3v) is 5.32. The van der Waals surface area contributed by atoms with E-state index in [1.807, 2.05) is 30.3 Å². The van der Waals surface area contributed by atoms with Gasteiger partial charge in [-0.25, -0.2) is 0 Å². The van der Waals surface area contributed by atoms with Crippen LogP contribution in [0.5, 0.6) is 5.75 Å². The van der Waals surface area contributed by atoms with Gasteiger partial charge in [-0.15, -0.1) is 0 Å². The SMILES string of the molecule is COc1ccc(Cc2cc([C@@H]3OC(=C(C)C)[C@@H](O)[C@H](O)[C@H]3O)ccc2Cl)cc1. The summed E-state index contributed by atoms with van der Waals surface area (Å²) in [4.78, 5) is 0. The van der Waals surface area contributed by atoms with Crippen LogP contribution in [0.1, 0.15) is 36.6 Å². The number of aliphatic hydroxyl groups is 3. The van der Waals surface area contributed by atoms with E-state index in [0.29, 0.717) is 17.0 Å². The first-order valence-corrected chi connectivity index (χ1v) is 9.49. The summed E-state index contributed by atoms with van der Waals surface area (Å²) < 4.78 is 11.0. The van der Waals surface area contributed by atoms with Crippen LogP contribution >= 0.6 is 11.6 Å². The molecule has 0 saturated carbocycles. The summed E-state index contributed by atoms with van der Waals surface area (Å²) in [7, 11) is 1.62. The van der Waals surface area contributed by atoms with Gasteiger partial charge in [0.25, 0.3) is 0 Å². The summed E-state index contributed by atoms with van der Waals surface area (Å²) in [5, 5.41) is 31.5. The Labute approximate surface area is 169 Å². The molecule has 1 aliphatic rings. The van der Waals surface area contributed by atoms with E-state index in [9.17, 15) is 15.3 Å². The highest BCUT2D eigenvalue weighted by molar-refractivity contribution is 6.31. The van der Waals surface area contributed by atoms with E-state index in [1.165, 1.54) is 0 Å². The smallest absolute Gasteiger partial charge is 0.152 e. The van der Waals surface area contributed by atoms with Crippen molar-refractivity contribution in [3.8, 4) is 5.75 Å². The fourth-order valence-electron chi connectivity index (χ4n) is 3.35. The largest absolute Gasteiger partial charge is 0.497 e. The van der Waals surface area contributed by atoms with Crippen LogP contribution in [0, 0.1) is 0 Å². The maximum atomic E-state index is 10.5. The van der Waals surface area contributed by atoms with Gasteiger partial charge in [-0.3, -0.25) is 0 Å². The molecule has 6 heteroatoms. The van der Waals surface area contributed by atoms with Gasteiger partial charge in [-0.2, -0.15) is 0 Å². The van der Waals surface area contributed by atoms with Crippen molar-refractivity contribution in [3.05, 3.63) is 75.5 Å². The summed E-state index contributed by atoms with van der Waals surface area (Å²) in [6.07, 6.45) is -4.03. The molecule has 28 heavy (non-hydrogen) atoms. The van der Waals surface area contributed by atoms with Crippen LogP contribution in [-0.4, -0.2) is 40.7 Å². The topological polar surface area (TPSA) is 79.2 Å². The predicted octanol–water partition coefficient (Wildman–Crippen LogP) is 3.39. The molecule has 1 aliphatic heterocycles. The molecule has 0 aromatic heterocycles.